The number of hydrogen-bond acceptors (Lipinski definition) is 3. The molecule has 5 heteroatoms. The quantitative estimate of drug-likeness (QED) is 0.903. The minimum Gasteiger partial charge on any atom is -0.384 e. The molecule has 0 spiro atoms. The maximum atomic E-state index is 12.7. The molecule has 4 nitrogen and oxygen atoms in total. The van der Waals surface area contributed by atoms with E-state index in [9.17, 15) is 8.42 Å². The molecule has 0 saturated carbocycles. The first kappa shape index (κ1) is 12.9. The second-order valence-corrected chi connectivity index (χ2v) is 7.85. The highest BCUT2D eigenvalue weighted by Gasteiger charge is 2.41. The number of fused-ring (bicyclic) bond motifs is 1. The van der Waals surface area contributed by atoms with Gasteiger partial charge in [-0.1, -0.05) is 6.07 Å². The number of benzene rings is 1. The largest absolute Gasteiger partial charge is 0.384 e. The molecule has 1 fully saturated rings. The van der Waals surface area contributed by atoms with Crippen molar-refractivity contribution >= 4 is 15.7 Å². The second-order valence-electron chi connectivity index (χ2n) is 5.99. The molecular formula is C14H20N2O2S. The lowest BCUT2D eigenvalue weighted by Gasteiger charge is -2.30. The van der Waals surface area contributed by atoms with Crippen molar-refractivity contribution in [2.24, 2.45) is 0 Å². The first-order valence-corrected chi connectivity index (χ1v) is 8.25. The molecule has 0 amide bonds. The van der Waals surface area contributed by atoms with Crippen molar-refractivity contribution in [1.29, 1.82) is 0 Å². The number of nitrogens with zero attached hydrogens (tertiary/aromatic N) is 1. The van der Waals surface area contributed by atoms with Crippen molar-refractivity contribution in [2.45, 2.75) is 43.5 Å². The summed E-state index contributed by atoms with van der Waals surface area (Å²) in [6, 6.07) is 5.47. The molecule has 1 aromatic carbocycles. The highest BCUT2D eigenvalue weighted by atomic mass is 32.2. The molecule has 1 N–H and O–H groups in total. The van der Waals surface area contributed by atoms with Crippen molar-refractivity contribution in [1.82, 2.24) is 4.31 Å². The smallest absolute Gasteiger partial charge is 0.243 e. The Morgan fingerprint density at radius 3 is 2.79 bits per heavy atom. The van der Waals surface area contributed by atoms with Gasteiger partial charge in [0.15, 0.2) is 0 Å². The Labute approximate surface area is 114 Å². The van der Waals surface area contributed by atoms with Crippen LogP contribution in [-0.2, 0) is 16.4 Å². The van der Waals surface area contributed by atoms with Crippen molar-refractivity contribution in [3.8, 4) is 0 Å². The molecule has 19 heavy (non-hydrogen) atoms. The van der Waals surface area contributed by atoms with Crippen molar-refractivity contribution in [3.05, 3.63) is 23.8 Å². The Morgan fingerprint density at radius 1 is 1.32 bits per heavy atom. The molecule has 0 atom stereocenters. The van der Waals surface area contributed by atoms with Gasteiger partial charge >= 0.3 is 0 Å². The van der Waals surface area contributed by atoms with Crippen LogP contribution < -0.4 is 5.32 Å². The highest BCUT2D eigenvalue weighted by molar-refractivity contribution is 7.89. The average molecular weight is 280 g/mol. The number of anilines is 1. The summed E-state index contributed by atoms with van der Waals surface area (Å²) in [5, 5.41) is 3.24. The van der Waals surface area contributed by atoms with E-state index in [1.165, 1.54) is 5.56 Å². The highest BCUT2D eigenvalue weighted by Crippen LogP contribution is 2.35. The van der Waals surface area contributed by atoms with E-state index < -0.39 is 10.0 Å². The summed E-state index contributed by atoms with van der Waals surface area (Å²) in [7, 11) is -3.37. The van der Waals surface area contributed by atoms with Crippen LogP contribution in [0.3, 0.4) is 0 Å². The van der Waals surface area contributed by atoms with E-state index in [1.807, 2.05) is 19.9 Å². The van der Waals surface area contributed by atoms with E-state index in [2.05, 4.69) is 5.32 Å². The summed E-state index contributed by atoms with van der Waals surface area (Å²) in [6.45, 7) is 5.53. The molecule has 0 aromatic heterocycles. The number of nitrogens with one attached hydrogen (secondary N) is 1. The minimum atomic E-state index is -3.37. The van der Waals surface area contributed by atoms with Crippen molar-refractivity contribution in [3.63, 3.8) is 0 Å². The summed E-state index contributed by atoms with van der Waals surface area (Å²) < 4.78 is 27.1. The molecule has 0 unspecified atom stereocenters. The van der Waals surface area contributed by atoms with Gasteiger partial charge in [-0.2, -0.15) is 4.31 Å². The average Bonchev–Trinajstić information content (AvgIpc) is 2.93. The Morgan fingerprint density at radius 2 is 2.11 bits per heavy atom. The summed E-state index contributed by atoms with van der Waals surface area (Å²) in [4.78, 5) is 0.413. The fourth-order valence-electron chi connectivity index (χ4n) is 3.09. The van der Waals surface area contributed by atoms with Crippen LogP contribution in [0, 0.1) is 0 Å². The molecule has 0 aliphatic carbocycles. The second kappa shape index (κ2) is 4.21. The molecule has 104 valence electrons. The fourth-order valence-corrected chi connectivity index (χ4v) is 4.96. The molecule has 1 aromatic rings. The standard InChI is InChI=1S/C14H20N2O2S/c1-14(2)7-3-9-16(14)19(17,18)12-5-4-11-6-8-15-13(11)10-12/h4-5,10,15H,3,6-9H2,1-2H3. The lowest BCUT2D eigenvalue weighted by atomic mass is 10.0. The van der Waals surface area contributed by atoms with E-state index in [1.54, 1.807) is 16.4 Å². The Balaban J connectivity index is 2.01. The van der Waals surface area contributed by atoms with Crippen LogP contribution in [0.4, 0.5) is 5.69 Å². The Hall–Kier alpha value is -1.07. The van der Waals surface area contributed by atoms with E-state index in [0.29, 0.717) is 11.4 Å². The zero-order valence-corrected chi connectivity index (χ0v) is 12.3. The van der Waals surface area contributed by atoms with Gasteiger partial charge < -0.3 is 5.32 Å². The van der Waals surface area contributed by atoms with Crippen LogP contribution in [0.1, 0.15) is 32.3 Å². The lowest BCUT2D eigenvalue weighted by Crippen LogP contribution is -2.42. The van der Waals surface area contributed by atoms with Crippen molar-refractivity contribution < 1.29 is 8.42 Å². The Kier molecular flexibility index (Phi) is 2.87. The zero-order chi connectivity index (χ0) is 13.7. The maximum Gasteiger partial charge on any atom is 0.243 e. The molecule has 2 aliphatic rings. The van der Waals surface area contributed by atoms with Gasteiger partial charge in [0.2, 0.25) is 10.0 Å². The maximum absolute atomic E-state index is 12.7. The topological polar surface area (TPSA) is 49.4 Å². The fraction of sp³-hybridized carbons (Fsp3) is 0.571. The SMILES string of the molecule is CC1(C)CCCN1S(=O)(=O)c1ccc2c(c1)NCC2. The third-order valence-corrected chi connectivity index (χ3v) is 6.31. The van der Waals surface area contributed by atoms with Gasteiger partial charge in [-0.25, -0.2) is 8.42 Å². The number of hydrogen-bond donors (Lipinski definition) is 1. The zero-order valence-electron chi connectivity index (χ0n) is 11.4. The predicted octanol–water partition coefficient (Wildman–Crippen LogP) is 2.22. The molecular weight excluding hydrogens is 260 g/mol. The molecule has 0 bridgehead atoms. The molecule has 2 heterocycles. The molecule has 2 aliphatic heterocycles. The van der Waals surface area contributed by atoms with Crippen LogP contribution in [0.5, 0.6) is 0 Å². The lowest BCUT2D eigenvalue weighted by molar-refractivity contribution is 0.292. The van der Waals surface area contributed by atoms with Gasteiger partial charge in [0.25, 0.3) is 0 Å². The van der Waals surface area contributed by atoms with E-state index in [-0.39, 0.29) is 5.54 Å². The molecule has 0 radical (unpaired) electrons. The van der Waals surface area contributed by atoms with Crippen LogP contribution in [0.15, 0.2) is 23.1 Å². The van der Waals surface area contributed by atoms with Gasteiger partial charge in [-0.05, 0) is 50.8 Å². The van der Waals surface area contributed by atoms with Gasteiger partial charge in [-0.3, -0.25) is 0 Å². The van der Waals surface area contributed by atoms with E-state index in [4.69, 9.17) is 0 Å². The predicted molar refractivity (Wildman–Crippen MR) is 75.8 cm³/mol. The molecule has 3 rings (SSSR count). The summed E-state index contributed by atoms with van der Waals surface area (Å²) in [5.74, 6) is 0. The van der Waals surface area contributed by atoms with Gasteiger partial charge in [0, 0.05) is 24.3 Å². The summed E-state index contributed by atoms with van der Waals surface area (Å²) in [5.41, 5.74) is 1.91. The van der Waals surface area contributed by atoms with Gasteiger partial charge in [0.05, 0.1) is 4.90 Å². The third-order valence-electron chi connectivity index (χ3n) is 4.20. The first-order valence-electron chi connectivity index (χ1n) is 6.81. The summed E-state index contributed by atoms with van der Waals surface area (Å²) in [6.07, 6.45) is 2.84. The van der Waals surface area contributed by atoms with Crippen LogP contribution in [0.25, 0.3) is 0 Å². The van der Waals surface area contributed by atoms with Crippen LogP contribution in [0.2, 0.25) is 0 Å². The first-order chi connectivity index (χ1) is 8.91. The monoisotopic (exact) mass is 280 g/mol. The van der Waals surface area contributed by atoms with Crippen molar-refractivity contribution in [2.75, 3.05) is 18.4 Å². The van der Waals surface area contributed by atoms with Gasteiger partial charge in [0.1, 0.15) is 0 Å². The Bertz CT molecular complexity index is 608. The number of sulfonamides is 1. The minimum absolute atomic E-state index is 0.273. The normalized spacial score (nSPS) is 22.2. The number of rotatable bonds is 2. The van der Waals surface area contributed by atoms with E-state index in [0.717, 1.165) is 31.5 Å². The van der Waals surface area contributed by atoms with Crippen LogP contribution in [-0.4, -0.2) is 31.4 Å². The summed E-state index contributed by atoms with van der Waals surface area (Å²) >= 11 is 0. The molecule has 1 saturated heterocycles. The van der Waals surface area contributed by atoms with Gasteiger partial charge in [-0.15, -0.1) is 0 Å². The van der Waals surface area contributed by atoms with Crippen LogP contribution >= 0.6 is 0 Å². The van der Waals surface area contributed by atoms with E-state index >= 15 is 0 Å². The third kappa shape index (κ3) is 2.05.